The Balaban J connectivity index is 2.18. The van der Waals surface area contributed by atoms with Crippen molar-refractivity contribution in [2.45, 2.75) is 19.9 Å². The van der Waals surface area contributed by atoms with Crippen molar-refractivity contribution in [3.8, 4) is 0 Å². The van der Waals surface area contributed by atoms with Crippen LogP contribution in [0, 0.1) is 13.8 Å². The van der Waals surface area contributed by atoms with Crippen molar-refractivity contribution in [3.63, 3.8) is 0 Å². The summed E-state index contributed by atoms with van der Waals surface area (Å²) >= 11 is 0. The molecule has 0 fully saturated rings. The zero-order valence-electron chi connectivity index (χ0n) is 12.6. The molecule has 0 aliphatic heterocycles. The molecule has 1 unspecified atom stereocenters. The molecular formula is C17H20N4. The number of nitrogens with zero attached hydrogens (tertiary/aromatic N) is 2. The summed E-state index contributed by atoms with van der Waals surface area (Å²) in [6, 6.07) is 14.5. The van der Waals surface area contributed by atoms with Gasteiger partial charge < -0.3 is 0 Å². The molecule has 1 aromatic heterocycles. The highest BCUT2D eigenvalue weighted by Gasteiger charge is 2.21. The molecule has 4 heteroatoms. The average Bonchev–Trinajstić information content (AvgIpc) is 2.80. The van der Waals surface area contributed by atoms with Crippen LogP contribution in [-0.2, 0) is 7.05 Å². The van der Waals surface area contributed by atoms with E-state index in [2.05, 4.69) is 54.7 Å². The van der Waals surface area contributed by atoms with Gasteiger partial charge in [0.15, 0.2) is 0 Å². The minimum absolute atomic E-state index is 0.114. The van der Waals surface area contributed by atoms with Crippen LogP contribution in [0.1, 0.15) is 28.4 Å². The lowest BCUT2D eigenvalue weighted by Crippen LogP contribution is -2.30. The minimum Gasteiger partial charge on any atom is -0.271 e. The molecule has 1 heterocycles. The number of para-hydroxylation sites is 1. The highest BCUT2D eigenvalue weighted by molar-refractivity contribution is 5.82. The molecule has 3 aromatic rings. The van der Waals surface area contributed by atoms with E-state index in [4.69, 9.17) is 5.84 Å². The number of hydrazine groups is 1. The van der Waals surface area contributed by atoms with Crippen molar-refractivity contribution in [1.82, 2.24) is 15.2 Å². The molecule has 0 saturated carbocycles. The summed E-state index contributed by atoms with van der Waals surface area (Å²) in [6.07, 6.45) is 0. The van der Waals surface area contributed by atoms with Crippen LogP contribution in [0.2, 0.25) is 0 Å². The predicted molar refractivity (Wildman–Crippen MR) is 85.8 cm³/mol. The Morgan fingerprint density at radius 1 is 1.14 bits per heavy atom. The zero-order chi connectivity index (χ0) is 15.0. The quantitative estimate of drug-likeness (QED) is 0.573. The maximum Gasteiger partial charge on any atom is 0.0931 e. The van der Waals surface area contributed by atoms with Gasteiger partial charge in [0.05, 0.1) is 17.3 Å². The van der Waals surface area contributed by atoms with Gasteiger partial charge in [0, 0.05) is 12.4 Å². The molecule has 2 aromatic carbocycles. The molecule has 0 spiro atoms. The van der Waals surface area contributed by atoms with Crippen LogP contribution in [-0.4, -0.2) is 9.78 Å². The zero-order valence-corrected chi connectivity index (χ0v) is 12.6. The van der Waals surface area contributed by atoms with Crippen LogP contribution in [0.15, 0.2) is 42.5 Å². The van der Waals surface area contributed by atoms with Crippen molar-refractivity contribution >= 4 is 10.9 Å². The van der Waals surface area contributed by atoms with Gasteiger partial charge in [0.25, 0.3) is 0 Å². The van der Waals surface area contributed by atoms with Crippen LogP contribution in [0.4, 0.5) is 0 Å². The number of benzene rings is 2. The fourth-order valence-electron chi connectivity index (χ4n) is 2.92. The first-order valence-electron chi connectivity index (χ1n) is 7.06. The third-order valence-electron chi connectivity index (χ3n) is 3.96. The van der Waals surface area contributed by atoms with Gasteiger partial charge in [-0.3, -0.25) is 10.5 Å². The number of aryl methyl sites for hydroxylation is 3. The van der Waals surface area contributed by atoms with E-state index in [0.717, 1.165) is 22.2 Å². The van der Waals surface area contributed by atoms with Crippen molar-refractivity contribution in [2.24, 2.45) is 12.9 Å². The molecule has 108 valence electrons. The monoisotopic (exact) mass is 280 g/mol. The Hall–Kier alpha value is -2.17. The predicted octanol–water partition coefficient (Wildman–Crippen LogP) is 2.74. The topological polar surface area (TPSA) is 55.9 Å². The second-order valence-corrected chi connectivity index (χ2v) is 5.49. The van der Waals surface area contributed by atoms with Crippen LogP contribution in [0.3, 0.4) is 0 Å². The van der Waals surface area contributed by atoms with Crippen molar-refractivity contribution in [1.29, 1.82) is 0 Å². The van der Waals surface area contributed by atoms with E-state index in [1.165, 1.54) is 11.1 Å². The molecule has 3 rings (SSSR count). The lowest BCUT2D eigenvalue weighted by atomic mass is 9.96. The van der Waals surface area contributed by atoms with Crippen molar-refractivity contribution in [3.05, 3.63) is 64.8 Å². The second-order valence-electron chi connectivity index (χ2n) is 5.49. The van der Waals surface area contributed by atoms with Crippen LogP contribution < -0.4 is 11.3 Å². The average molecular weight is 280 g/mol. The summed E-state index contributed by atoms with van der Waals surface area (Å²) in [5, 5.41) is 5.80. The molecule has 0 radical (unpaired) electrons. The highest BCUT2D eigenvalue weighted by Crippen LogP contribution is 2.29. The van der Waals surface area contributed by atoms with Gasteiger partial charge in [-0.1, -0.05) is 42.0 Å². The summed E-state index contributed by atoms with van der Waals surface area (Å²) in [4.78, 5) is 0. The number of nitrogens with two attached hydrogens (primary N) is 1. The van der Waals surface area contributed by atoms with Crippen LogP contribution in [0.25, 0.3) is 10.9 Å². The second kappa shape index (κ2) is 5.31. The highest BCUT2D eigenvalue weighted by atomic mass is 15.3. The summed E-state index contributed by atoms with van der Waals surface area (Å²) in [7, 11) is 1.96. The fraction of sp³-hybridized carbons (Fsp3) is 0.235. The van der Waals surface area contributed by atoms with Crippen LogP contribution >= 0.6 is 0 Å². The number of hydrogen-bond donors (Lipinski definition) is 2. The number of aromatic nitrogens is 2. The van der Waals surface area contributed by atoms with Gasteiger partial charge >= 0.3 is 0 Å². The van der Waals surface area contributed by atoms with E-state index in [1.807, 2.05) is 23.9 Å². The van der Waals surface area contributed by atoms with Gasteiger partial charge in [0.2, 0.25) is 0 Å². The summed E-state index contributed by atoms with van der Waals surface area (Å²) in [5.41, 5.74) is 8.62. The largest absolute Gasteiger partial charge is 0.271 e. The SMILES string of the molecule is Cc1ccc(C(NN)c2nn(C)c3ccccc23)c(C)c1. The normalized spacial score (nSPS) is 12.8. The van der Waals surface area contributed by atoms with E-state index < -0.39 is 0 Å². The Bertz CT molecular complexity index is 789. The summed E-state index contributed by atoms with van der Waals surface area (Å²) in [6.45, 7) is 4.20. The maximum atomic E-state index is 5.84. The lowest BCUT2D eigenvalue weighted by Gasteiger charge is -2.17. The molecule has 4 nitrogen and oxygen atoms in total. The molecule has 1 atom stereocenters. The number of rotatable bonds is 3. The van der Waals surface area contributed by atoms with E-state index in [1.54, 1.807) is 0 Å². The van der Waals surface area contributed by atoms with E-state index in [9.17, 15) is 0 Å². The Morgan fingerprint density at radius 2 is 1.90 bits per heavy atom. The van der Waals surface area contributed by atoms with Gasteiger partial charge in [-0.2, -0.15) is 5.10 Å². The Kier molecular flexibility index (Phi) is 3.49. The molecule has 21 heavy (non-hydrogen) atoms. The molecule has 0 amide bonds. The molecule has 0 bridgehead atoms. The third kappa shape index (κ3) is 2.33. The van der Waals surface area contributed by atoms with E-state index >= 15 is 0 Å². The smallest absolute Gasteiger partial charge is 0.0931 e. The number of hydrogen-bond acceptors (Lipinski definition) is 3. The van der Waals surface area contributed by atoms with Gasteiger partial charge in [-0.15, -0.1) is 0 Å². The Labute approximate surface area is 124 Å². The standard InChI is InChI=1S/C17H20N4/c1-11-8-9-13(12(2)10-11)16(19-18)17-14-6-4-5-7-15(14)21(3)20-17/h4-10,16,19H,18H2,1-3H3. The van der Waals surface area contributed by atoms with E-state index in [0.29, 0.717) is 0 Å². The first-order chi connectivity index (χ1) is 10.1. The summed E-state index contributed by atoms with van der Waals surface area (Å²) in [5.74, 6) is 5.84. The number of fused-ring (bicyclic) bond motifs is 1. The molecule has 0 aliphatic rings. The van der Waals surface area contributed by atoms with Gasteiger partial charge in [-0.25, -0.2) is 5.43 Å². The molecule has 3 N–H and O–H groups in total. The van der Waals surface area contributed by atoms with Gasteiger partial charge in [0.1, 0.15) is 0 Å². The maximum absolute atomic E-state index is 5.84. The molecular weight excluding hydrogens is 260 g/mol. The first kappa shape index (κ1) is 13.8. The lowest BCUT2D eigenvalue weighted by molar-refractivity contribution is 0.605. The van der Waals surface area contributed by atoms with Crippen molar-refractivity contribution in [2.75, 3.05) is 0 Å². The molecule has 0 saturated heterocycles. The Morgan fingerprint density at radius 3 is 2.62 bits per heavy atom. The third-order valence-corrected chi connectivity index (χ3v) is 3.96. The fourth-order valence-corrected chi connectivity index (χ4v) is 2.92. The van der Waals surface area contributed by atoms with Crippen molar-refractivity contribution < 1.29 is 0 Å². The molecule has 0 aliphatic carbocycles. The first-order valence-corrected chi connectivity index (χ1v) is 7.06. The number of nitrogens with one attached hydrogen (secondary N) is 1. The van der Waals surface area contributed by atoms with Gasteiger partial charge in [-0.05, 0) is 31.0 Å². The minimum atomic E-state index is -0.114. The van der Waals surface area contributed by atoms with Crippen LogP contribution in [0.5, 0.6) is 0 Å². The van der Waals surface area contributed by atoms with E-state index in [-0.39, 0.29) is 6.04 Å². The summed E-state index contributed by atoms with van der Waals surface area (Å²) < 4.78 is 1.90.